The van der Waals surface area contributed by atoms with Crippen molar-refractivity contribution < 1.29 is 13.2 Å². The Kier molecular flexibility index (Phi) is 4.19. The van der Waals surface area contributed by atoms with Crippen molar-refractivity contribution in [2.24, 2.45) is 5.73 Å². The molecule has 0 spiro atoms. The minimum atomic E-state index is -2.99. The highest BCUT2D eigenvalue weighted by Gasteiger charge is 2.33. The number of hydrogen-bond acceptors (Lipinski definition) is 4. The van der Waals surface area contributed by atoms with E-state index in [2.05, 4.69) is 5.32 Å². The molecule has 1 aliphatic rings. The van der Waals surface area contributed by atoms with Crippen LogP contribution in [0.4, 0.5) is 0 Å². The summed E-state index contributed by atoms with van der Waals surface area (Å²) in [5.74, 6) is -0.418. The number of nitrogens with two attached hydrogens (primary N) is 1. The molecule has 2 unspecified atom stereocenters. The fraction of sp³-hybridized carbons (Fsp3) is 0.909. The monoisotopic (exact) mass is 262 g/mol. The van der Waals surface area contributed by atoms with Crippen molar-refractivity contribution >= 4 is 15.7 Å². The van der Waals surface area contributed by atoms with Gasteiger partial charge in [0, 0.05) is 12.3 Å². The molecule has 0 heterocycles. The lowest BCUT2D eigenvalue weighted by Gasteiger charge is -2.34. The van der Waals surface area contributed by atoms with Crippen LogP contribution in [0.15, 0.2) is 0 Å². The van der Waals surface area contributed by atoms with E-state index in [0.717, 1.165) is 12.8 Å². The Morgan fingerprint density at radius 3 is 2.41 bits per heavy atom. The molecule has 100 valence electrons. The van der Waals surface area contributed by atoms with Gasteiger partial charge in [-0.3, -0.25) is 4.79 Å². The molecule has 0 saturated heterocycles. The Bertz CT molecular complexity index is 390. The summed E-state index contributed by atoms with van der Waals surface area (Å²) in [5, 5.41) is 2.86. The van der Waals surface area contributed by atoms with Crippen LogP contribution in [0.1, 0.15) is 39.5 Å². The Morgan fingerprint density at radius 1 is 1.35 bits per heavy atom. The molecule has 0 radical (unpaired) electrons. The first-order valence-electron chi connectivity index (χ1n) is 5.89. The third kappa shape index (κ3) is 3.96. The van der Waals surface area contributed by atoms with Gasteiger partial charge in [-0.1, -0.05) is 6.42 Å². The van der Waals surface area contributed by atoms with Crippen LogP contribution in [0.2, 0.25) is 0 Å². The van der Waals surface area contributed by atoms with Crippen molar-refractivity contribution in [1.82, 2.24) is 5.32 Å². The molecule has 6 heteroatoms. The number of hydrogen-bond donors (Lipinski definition) is 2. The van der Waals surface area contributed by atoms with Crippen LogP contribution < -0.4 is 11.1 Å². The number of nitrogens with one attached hydrogen (secondary N) is 1. The molecule has 1 aliphatic carbocycles. The van der Waals surface area contributed by atoms with Crippen molar-refractivity contribution in [1.29, 1.82) is 0 Å². The summed E-state index contributed by atoms with van der Waals surface area (Å²) in [7, 11) is -2.99. The quantitative estimate of drug-likeness (QED) is 0.757. The number of rotatable bonds is 4. The topological polar surface area (TPSA) is 89.3 Å². The summed E-state index contributed by atoms with van der Waals surface area (Å²) >= 11 is 0. The number of amides is 1. The lowest BCUT2D eigenvalue weighted by atomic mass is 9.92. The predicted molar refractivity (Wildman–Crippen MR) is 67.3 cm³/mol. The van der Waals surface area contributed by atoms with Gasteiger partial charge in [0.1, 0.15) is 9.84 Å². The Labute approximate surface area is 103 Å². The highest BCUT2D eigenvalue weighted by atomic mass is 32.2. The van der Waals surface area contributed by atoms with Gasteiger partial charge in [-0.15, -0.1) is 0 Å². The molecule has 0 aliphatic heterocycles. The van der Waals surface area contributed by atoms with Gasteiger partial charge in [0.2, 0.25) is 5.91 Å². The number of carbonyl (C=O) groups excluding carboxylic acids is 1. The van der Waals surface area contributed by atoms with E-state index >= 15 is 0 Å². The molecule has 5 nitrogen and oxygen atoms in total. The first-order chi connectivity index (χ1) is 7.63. The van der Waals surface area contributed by atoms with Gasteiger partial charge >= 0.3 is 0 Å². The van der Waals surface area contributed by atoms with Crippen molar-refractivity contribution in [2.75, 3.05) is 6.26 Å². The Morgan fingerprint density at radius 2 is 1.94 bits per heavy atom. The standard InChI is InChI=1S/C11H22N2O3S/c1-11(2,10(12)14)13-8-5-4-6-9(7-8)17(3,15)16/h8-9,13H,4-7H2,1-3H3,(H2,12,14). The second-order valence-corrected chi connectivity index (χ2v) is 7.77. The van der Waals surface area contributed by atoms with Crippen molar-refractivity contribution in [3.63, 3.8) is 0 Å². The largest absolute Gasteiger partial charge is 0.368 e. The lowest BCUT2D eigenvalue weighted by molar-refractivity contribution is -0.123. The van der Waals surface area contributed by atoms with Gasteiger partial charge < -0.3 is 11.1 Å². The first kappa shape index (κ1) is 14.4. The molecule has 1 saturated carbocycles. The summed E-state index contributed by atoms with van der Waals surface area (Å²) < 4.78 is 23.0. The van der Waals surface area contributed by atoms with E-state index < -0.39 is 21.3 Å². The molecule has 1 fully saturated rings. The second kappa shape index (κ2) is 4.94. The molecule has 17 heavy (non-hydrogen) atoms. The van der Waals surface area contributed by atoms with Crippen molar-refractivity contribution in [3.8, 4) is 0 Å². The zero-order valence-corrected chi connectivity index (χ0v) is 11.5. The number of sulfone groups is 1. The van der Waals surface area contributed by atoms with Gasteiger partial charge in [-0.25, -0.2) is 8.42 Å². The van der Waals surface area contributed by atoms with Gasteiger partial charge in [0.25, 0.3) is 0 Å². The van der Waals surface area contributed by atoms with E-state index in [1.165, 1.54) is 6.26 Å². The fourth-order valence-electron chi connectivity index (χ4n) is 2.25. The maximum absolute atomic E-state index is 11.5. The van der Waals surface area contributed by atoms with E-state index in [4.69, 9.17) is 5.73 Å². The minimum Gasteiger partial charge on any atom is -0.368 e. The smallest absolute Gasteiger partial charge is 0.237 e. The van der Waals surface area contributed by atoms with Crippen LogP contribution in [0, 0.1) is 0 Å². The molecule has 1 amide bonds. The summed E-state index contributed by atoms with van der Waals surface area (Å²) in [6.07, 6.45) is 4.32. The maximum atomic E-state index is 11.5. The molecule has 0 aromatic heterocycles. The van der Waals surface area contributed by atoms with Gasteiger partial charge in [-0.2, -0.15) is 0 Å². The lowest BCUT2D eigenvalue weighted by Crippen LogP contribution is -2.56. The van der Waals surface area contributed by atoms with E-state index in [-0.39, 0.29) is 11.3 Å². The summed E-state index contributed by atoms with van der Waals surface area (Å²) in [4.78, 5) is 11.2. The molecule has 2 atom stereocenters. The fourth-order valence-corrected chi connectivity index (χ4v) is 3.42. The summed E-state index contributed by atoms with van der Waals surface area (Å²) in [6, 6.07) is 0.0472. The average molecular weight is 262 g/mol. The van der Waals surface area contributed by atoms with Crippen LogP contribution in [0.25, 0.3) is 0 Å². The Hall–Kier alpha value is -0.620. The van der Waals surface area contributed by atoms with E-state index in [0.29, 0.717) is 12.8 Å². The van der Waals surface area contributed by atoms with Crippen molar-refractivity contribution in [2.45, 2.75) is 56.4 Å². The predicted octanol–water partition coefficient (Wildman–Crippen LogP) is 0.196. The highest BCUT2D eigenvalue weighted by Crippen LogP contribution is 2.25. The molecule has 1 rings (SSSR count). The second-order valence-electron chi connectivity index (χ2n) is 5.45. The van der Waals surface area contributed by atoms with Gasteiger partial charge in [0.05, 0.1) is 10.8 Å². The normalized spacial score (nSPS) is 26.8. The van der Waals surface area contributed by atoms with E-state index in [1.807, 2.05) is 0 Å². The Balaban J connectivity index is 2.66. The van der Waals surface area contributed by atoms with Crippen molar-refractivity contribution in [3.05, 3.63) is 0 Å². The summed E-state index contributed by atoms with van der Waals surface area (Å²) in [5.41, 5.74) is 4.50. The zero-order chi connectivity index (χ0) is 13.3. The third-order valence-electron chi connectivity index (χ3n) is 3.41. The van der Waals surface area contributed by atoms with Gasteiger partial charge in [-0.05, 0) is 33.1 Å². The SMILES string of the molecule is CC(C)(NC1CCCC(S(C)(=O)=O)C1)C(N)=O. The average Bonchev–Trinajstić information content (AvgIpc) is 2.15. The van der Waals surface area contributed by atoms with Gasteiger partial charge in [0.15, 0.2) is 0 Å². The van der Waals surface area contributed by atoms with Crippen LogP contribution in [0.3, 0.4) is 0 Å². The van der Waals surface area contributed by atoms with Crippen LogP contribution in [0.5, 0.6) is 0 Å². The minimum absolute atomic E-state index is 0.0472. The third-order valence-corrected chi connectivity index (χ3v) is 5.05. The molecular weight excluding hydrogens is 240 g/mol. The molecule has 0 aromatic carbocycles. The molecule has 0 bridgehead atoms. The molecule has 3 N–H and O–H groups in total. The van der Waals surface area contributed by atoms with Crippen LogP contribution >= 0.6 is 0 Å². The number of primary amides is 1. The maximum Gasteiger partial charge on any atom is 0.237 e. The number of carbonyl (C=O) groups is 1. The van der Waals surface area contributed by atoms with Crippen LogP contribution in [-0.4, -0.2) is 37.4 Å². The van der Waals surface area contributed by atoms with E-state index in [1.54, 1.807) is 13.8 Å². The highest BCUT2D eigenvalue weighted by molar-refractivity contribution is 7.91. The van der Waals surface area contributed by atoms with E-state index in [9.17, 15) is 13.2 Å². The first-order valence-corrected chi connectivity index (χ1v) is 7.85. The van der Waals surface area contributed by atoms with Crippen LogP contribution in [-0.2, 0) is 14.6 Å². The summed E-state index contributed by atoms with van der Waals surface area (Å²) in [6.45, 7) is 3.44. The zero-order valence-electron chi connectivity index (χ0n) is 10.7. The molecule has 0 aromatic rings. The molecular formula is C11H22N2O3S.